The molecule has 26 heavy (non-hydrogen) atoms. The maximum atomic E-state index is 13.0. The lowest BCUT2D eigenvalue weighted by atomic mass is 9.92. The molecule has 2 aromatic rings. The van der Waals surface area contributed by atoms with Crippen molar-refractivity contribution in [2.24, 2.45) is 0 Å². The Hall–Kier alpha value is -2.01. The molecular weight excluding hydrogens is 394 g/mol. The quantitative estimate of drug-likeness (QED) is 0.627. The Morgan fingerprint density at radius 3 is 1.81 bits per heavy atom. The van der Waals surface area contributed by atoms with Gasteiger partial charge < -0.3 is 14.8 Å². The highest BCUT2D eigenvalue weighted by molar-refractivity contribution is 9.10. The van der Waals surface area contributed by atoms with Gasteiger partial charge in [-0.3, -0.25) is 4.79 Å². The SMILES string of the molecule is COc1cc(C(=O)Nc2c(C(C)C)cccc2C(C)C)cc(OC)c1Br. The standard InChI is InChI=1S/C21H26BrNO3/c1-12(2)15-8-7-9-16(13(3)4)20(15)23-21(24)14-10-17(25-5)19(22)18(11-14)26-6/h7-13H,1-6H3,(H,23,24). The Kier molecular flexibility index (Phi) is 6.70. The number of methoxy groups -OCH3 is 2. The van der Waals surface area contributed by atoms with Crippen molar-refractivity contribution in [3.8, 4) is 11.5 Å². The average molecular weight is 420 g/mol. The van der Waals surface area contributed by atoms with Gasteiger partial charge in [-0.1, -0.05) is 45.9 Å². The number of benzene rings is 2. The molecule has 0 heterocycles. The molecule has 2 rings (SSSR count). The Balaban J connectivity index is 2.48. The normalized spacial score (nSPS) is 11.0. The topological polar surface area (TPSA) is 47.6 Å². The van der Waals surface area contributed by atoms with Crippen LogP contribution < -0.4 is 14.8 Å². The van der Waals surface area contributed by atoms with E-state index in [9.17, 15) is 4.79 Å². The van der Waals surface area contributed by atoms with Crippen LogP contribution in [0.1, 0.15) is 61.0 Å². The van der Waals surface area contributed by atoms with Gasteiger partial charge in [-0.2, -0.15) is 0 Å². The summed E-state index contributed by atoms with van der Waals surface area (Å²) in [6.07, 6.45) is 0. The Morgan fingerprint density at radius 1 is 0.962 bits per heavy atom. The largest absolute Gasteiger partial charge is 0.495 e. The molecule has 140 valence electrons. The highest BCUT2D eigenvalue weighted by atomic mass is 79.9. The fraction of sp³-hybridized carbons (Fsp3) is 0.381. The fourth-order valence-electron chi connectivity index (χ4n) is 2.88. The monoisotopic (exact) mass is 419 g/mol. The molecule has 0 aliphatic heterocycles. The van der Waals surface area contributed by atoms with E-state index in [0.717, 1.165) is 16.8 Å². The van der Waals surface area contributed by atoms with E-state index in [2.05, 4.69) is 61.1 Å². The van der Waals surface area contributed by atoms with Crippen molar-refractivity contribution in [3.05, 3.63) is 51.5 Å². The third-order valence-electron chi connectivity index (χ3n) is 4.32. The van der Waals surface area contributed by atoms with Crippen molar-refractivity contribution in [2.45, 2.75) is 39.5 Å². The second kappa shape index (κ2) is 8.58. The van der Waals surface area contributed by atoms with E-state index >= 15 is 0 Å². The van der Waals surface area contributed by atoms with E-state index in [1.807, 2.05) is 6.07 Å². The van der Waals surface area contributed by atoms with Crippen LogP contribution in [0.25, 0.3) is 0 Å². The van der Waals surface area contributed by atoms with E-state index in [-0.39, 0.29) is 5.91 Å². The average Bonchev–Trinajstić information content (AvgIpc) is 2.61. The van der Waals surface area contributed by atoms with E-state index in [1.165, 1.54) is 0 Å². The molecule has 0 unspecified atom stereocenters. The molecule has 0 bridgehead atoms. The van der Waals surface area contributed by atoms with Crippen molar-refractivity contribution >= 4 is 27.5 Å². The lowest BCUT2D eigenvalue weighted by molar-refractivity contribution is 0.102. The number of hydrogen-bond acceptors (Lipinski definition) is 3. The van der Waals surface area contributed by atoms with Crippen LogP contribution in [0.4, 0.5) is 5.69 Å². The van der Waals surface area contributed by atoms with Crippen LogP contribution in [0.2, 0.25) is 0 Å². The summed E-state index contributed by atoms with van der Waals surface area (Å²) >= 11 is 3.43. The molecule has 0 atom stereocenters. The molecule has 0 saturated carbocycles. The lowest BCUT2D eigenvalue weighted by Gasteiger charge is -2.20. The number of para-hydroxylation sites is 1. The van der Waals surface area contributed by atoms with Gasteiger partial charge in [0.15, 0.2) is 0 Å². The van der Waals surface area contributed by atoms with E-state index in [1.54, 1.807) is 26.4 Å². The van der Waals surface area contributed by atoms with Gasteiger partial charge in [0.25, 0.3) is 5.91 Å². The van der Waals surface area contributed by atoms with Crippen molar-refractivity contribution in [1.29, 1.82) is 0 Å². The van der Waals surface area contributed by atoms with Crippen LogP contribution in [-0.4, -0.2) is 20.1 Å². The summed E-state index contributed by atoms with van der Waals surface area (Å²) in [7, 11) is 3.12. The molecule has 0 aliphatic carbocycles. The predicted octanol–water partition coefficient (Wildman–Crippen LogP) is 5.97. The van der Waals surface area contributed by atoms with Crippen LogP contribution in [0, 0.1) is 0 Å². The summed E-state index contributed by atoms with van der Waals surface area (Å²) in [4.78, 5) is 13.0. The van der Waals surface area contributed by atoms with Gasteiger partial charge in [0.2, 0.25) is 0 Å². The number of hydrogen-bond donors (Lipinski definition) is 1. The Bertz CT molecular complexity index is 749. The summed E-state index contributed by atoms with van der Waals surface area (Å²) in [5, 5.41) is 3.11. The Labute approximate surface area is 164 Å². The van der Waals surface area contributed by atoms with Crippen molar-refractivity contribution in [2.75, 3.05) is 19.5 Å². The maximum Gasteiger partial charge on any atom is 0.255 e. The van der Waals surface area contributed by atoms with E-state index < -0.39 is 0 Å². The number of amides is 1. The minimum absolute atomic E-state index is 0.191. The number of carbonyl (C=O) groups is 1. The van der Waals surface area contributed by atoms with Crippen LogP contribution in [0.3, 0.4) is 0 Å². The first-order chi connectivity index (χ1) is 12.3. The van der Waals surface area contributed by atoms with Gasteiger partial charge in [0.05, 0.1) is 14.2 Å². The number of rotatable bonds is 6. The van der Waals surface area contributed by atoms with Crippen LogP contribution >= 0.6 is 15.9 Å². The molecule has 0 radical (unpaired) electrons. The number of nitrogens with one attached hydrogen (secondary N) is 1. The summed E-state index contributed by atoms with van der Waals surface area (Å²) in [6, 6.07) is 9.58. The number of ether oxygens (including phenoxy) is 2. The lowest BCUT2D eigenvalue weighted by Crippen LogP contribution is -2.16. The van der Waals surface area contributed by atoms with Crippen molar-refractivity contribution < 1.29 is 14.3 Å². The Morgan fingerprint density at radius 2 is 1.42 bits per heavy atom. The number of carbonyl (C=O) groups excluding carboxylic acids is 1. The molecule has 5 heteroatoms. The smallest absolute Gasteiger partial charge is 0.255 e. The zero-order chi connectivity index (χ0) is 19.4. The van der Waals surface area contributed by atoms with Crippen LogP contribution in [0.5, 0.6) is 11.5 Å². The maximum absolute atomic E-state index is 13.0. The van der Waals surface area contributed by atoms with Crippen LogP contribution in [0.15, 0.2) is 34.8 Å². The molecule has 0 aliphatic rings. The highest BCUT2D eigenvalue weighted by Crippen LogP contribution is 2.37. The van der Waals surface area contributed by atoms with E-state index in [0.29, 0.717) is 33.4 Å². The molecule has 0 spiro atoms. The third kappa shape index (κ3) is 4.21. The van der Waals surface area contributed by atoms with Gasteiger partial charge in [-0.05, 0) is 51.0 Å². The van der Waals surface area contributed by atoms with Gasteiger partial charge in [0, 0.05) is 11.3 Å². The zero-order valence-electron chi connectivity index (χ0n) is 16.1. The summed E-state index contributed by atoms with van der Waals surface area (Å²) in [5.74, 6) is 1.52. The molecule has 2 aromatic carbocycles. The van der Waals surface area contributed by atoms with Crippen LogP contribution in [-0.2, 0) is 0 Å². The molecular formula is C21H26BrNO3. The van der Waals surface area contributed by atoms with Gasteiger partial charge in [-0.25, -0.2) is 0 Å². The summed E-state index contributed by atoms with van der Waals surface area (Å²) in [5.41, 5.74) is 3.62. The first-order valence-electron chi connectivity index (χ1n) is 8.65. The second-order valence-corrected chi connectivity index (χ2v) is 7.56. The highest BCUT2D eigenvalue weighted by Gasteiger charge is 2.19. The second-order valence-electron chi connectivity index (χ2n) is 6.77. The first-order valence-corrected chi connectivity index (χ1v) is 9.45. The van der Waals surface area contributed by atoms with Crippen molar-refractivity contribution in [3.63, 3.8) is 0 Å². The minimum Gasteiger partial charge on any atom is -0.495 e. The first kappa shape index (κ1) is 20.3. The molecule has 1 N–H and O–H groups in total. The number of anilines is 1. The van der Waals surface area contributed by atoms with E-state index in [4.69, 9.17) is 9.47 Å². The molecule has 0 fully saturated rings. The molecule has 1 amide bonds. The summed E-state index contributed by atoms with van der Waals surface area (Å²) < 4.78 is 11.4. The molecule has 0 saturated heterocycles. The minimum atomic E-state index is -0.191. The van der Waals surface area contributed by atoms with Gasteiger partial charge in [-0.15, -0.1) is 0 Å². The summed E-state index contributed by atoms with van der Waals surface area (Å²) in [6.45, 7) is 8.50. The van der Waals surface area contributed by atoms with Gasteiger partial charge >= 0.3 is 0 Å². The number of halogens is 1. The predicted molar refractivity (Wildman–Crippen MR) is 110 cm³/mol. The molecule has 4 nitrogen and oxygen atoms in total. The van der Waals surface area contributed by atoms with Crippen molar-refractivity contribution in [1.82, 2.24) is 0 Å². The van der Waals surface area contributed by atoms with Gasteiger partial charge in [0.1, 0.15) is 16.0 Å². The fourth-order valence-corrected chi connectivity index (χ4v) is 3.43. The third-order valence-corrected chi connectivity index (χ3v) is 5.10. The zero-order valence-corrected chi connectivity index (χ0v) is 17.7. The molecule has 0 aromatic heterocycles.